The van der Waals surface area contributed by atoms with Gasteiger partial charge >= 0.3 is 0 Å². The zero-order valence-electron chi connectivity index (χ0n) is 9.23. The SMILES string of the molecule is [O]C1CC2CC(OC3[CH]CCCC3)C1C2. The van der Waals surface area contributed by atoms with E-state index >= 15 is 0 Å². The van der Waals surface area contributed by atoms with Crippen molar-refractivity contribution in [1.82, 2.24) is 0 Å². The van der Waals surface area contributed by atoms with Gasteiger partial charge in [0.1, 0.15) is 0 Å². The van der Waals surface area contributed by atoms with Crippen LogP contribution in [0, 0.1) is 18.3 Å². The van der Waals surface area contributed by atoms with Gasteiger partial charge in [-0.1, -0.05) is 12.8 Å². The van der Waals surface area contributed by atoms with Crippen LogP contribution in [0.25, 0.3) is 0 Å². The van der Waals surface area contributed by atoms with Crippen molar-refractivity contribution in [1.29, 1.82) is 0 Å². The first kappa shape index (κ1) is 10.1. The summed E-state index contributed by atoms with van der Waals surface area (Å²) in [6.45, 7) is 0. The summed E-state index contributed by atoms with van der Waals surface area (Å²) in [6.07, 6.45) is 10.9. The topological polar surface area (TPSA) is 29.1 Å². The number of fused-ring (bicyclic) bond motifs is 2. The van der Waals surface area contributed by atoms with Gasteiger partial charge in [-0.2, -0.15) is 0 Å². The lowest BCUT2D eigenvalue weighted by atomic mass is 9.93. The van der Waals surface area contributed by atoms with Gasteiger partial charge < -0.3 is 4.74 Å². The molecule has 0 spiro atoms. The standard InChI is InChI=1S/C13H20O2/c14-12-7-9-6-11(12)13(8-9)15-10-4-2-1-3-5-10/h4,9-13H,1-3,5-8H2. The average molecular weight is 208 g/mol. The first-order valence-corrected chi connectivity index (χ1v) is 6.47. The molecule has 3 saturated carbocycles. The van der Waals surface area contributed by atoms with Crippen molar-refractivity contribution in [3.05, 3.63) is 6.42 Å². The van der Waals surface area contributed by atoms with Gasteiger partial charge in [-0.25, -0.2) is 5.11 Å². The fourth-order valence-corrected chi connectivity index (χ4v) is 3.64. The summed E-state index contributed by atoms with van der Waals surface area (Å²) in [4.78, 5) is 0. The van der Waals surface area contributed by atoms with Gasteiger partial charge in [0.15, 0.2) is 0 Å². The molecule has 0 N–H and O–H groups in total. The van der Waals surface area contributed by atoms with Crippen molar-refractivity contribution in [2.75, 3.05) is 0 Å². The molecule has 15 heavy (non-hydrogen) atoms. The van der Waals surface area contributed by atoms with E-state index in [0.29, 0.717) is 24.0 Å². The van der Waals surface area contributed by atoms with Gasteiger partial charge in [0.25, 0.3) is 0 Å². The highest BCUT2D eigenvalue weighted by molar-refractivity contribution is 4.97. The second-order valence-electron chi connectivity index (χ2n) is 5.51. The molecule has 2 radical (unpaired) electrons. The molecule has 2 bridgehead atoms. The van der Waals surface area contributed by atoms with Crippen LogP contribution in [-0.2, 0) is 9.84 Å². The maximum Gasteiger partial charge on any atom is 0.0985 e. The van der Waals surface area contributed by atoms with Crippen molar-refractivity contribution >= 4 is 0 Å². The van der Waals surface area contributed by atoms with Crippen molar-refractivity contribution in [3.63, 3.8) is 0 Å². The van der Waals surface area contributed by atoms with E-state index in [9.17, 15) is 5.11 Å². The molecule has 3 aliphatic rings. The molecule has 0 aromatic carbocycles. The van der Waals surface area contributed by atoms with E-state index < -0.39 is 0 Å². The lowest BCUT2D eigenvalue weighted by molar-refractivity contribution is -0.0812. The minimum Gasteiger partial charge on any atom is -0.374 e. The Kier molecular flexibility index (Phi) is 2.73. The Morgan fingerprint density at radius 1 is 1.13 bits per heavy atom. The summed E-state index contributed by atoms with van der Waals surface area (Å²) in [5.74, 6) is 1.02. The number of hydrogen-bond donors (Lipinski definition) is 0. The van der Waals surface area contributed by atoms with Gasteiger partial charge in [0.05, 0.1) is 18.3 Å². The van der Waals surface area contributed by atoms with E-state index in [1.54, 1.807) is 0 Å². The molecule has 0 aromatic rings. The van der Waals surface area contributed by atoms with Crippen molar-refractivity contribution in [2.45, 2.75) is 63.3 Å². The molecule has 0 saturated heterocycles. The molecule has 3 fully saturated rings. The lowest BCUT2D eigenvalue weighted by Crippen LogP contribution is -2.34. The molecular formula is C13H20O2. The molecule has 84 valence electrons. The predicted molar refractivity (Wildman–Crippen MR) is 56.7 cm³/mol. The van der Waals surface area contributed by atoms with E-state index in [1.807, 2.05) is 0 Å². The van der Waals surface area contributed by atoms with Crippen LogP contribution in [0.2, 0.25) is 0 Å². The molecule has 3 aliphatic carbocycles. The van der Waals surface area contributed by atoms with Gasteiger partial charge in [0.2, 0.25) is 0 Å². The van der Waals surface area contributed by atoms with Gasteiger partial charge in [-0.15, -0.1) is 0 Å². The Morgan fingerprint density at radius 3 is 2.73 bits per heavy atom. The molecule has 2 nitrogen and oxygen atoms in total. The maximum atomic E-state index is 11.7. The minimum atomic E-state index is -0.322. The Hall–Kier alpha value is -0.0800. The summed E-state index contributed by atoms with van der Waals surface area (Å²) in [5, 5.41) is 11.7. The van der Waals surface area contributed by atoms with Crippen molar-refractivity contribution < 1.29 is 9.84 Å². The predicted octanol–water partition coefficient (Wildman–Crippen LogP) is 2.75. The smallest absolute Gasteiger partial charge is 0.0985 e. The summed E-state index contributed by atoms with van der Waals surface area (Å²) in [7, 11) is 0. The van der Waals surface area contributed by atoms with Crippen LogP contribution in [-0.4, -0.2) is 18.3 Å². The normalized spacial score (nSPS) is 46.2. The van der Waals surface area contributed by atoms with Crippen LogP contribution < -0.4 is 0 Å². The van der Waals surface area contributed by atoms with E-state index in [0.717, 1.165) is 19.3 Å². The third-order valence-corrected chi connectivity index (χ3v) is 4.41. The summed E-state index contributed by atoms with van der Waals surface area (Å²) < 4.78 is 6.10. The highest BCUT2D eigenvalue weighted by Crippen LogP contribution is 2.47. The quantitative estimate of drug-likeness (QED) is 0.686. The summed E-state index contributed by atoms with van der Waals surface area (Å²) in [6, 6.07) is 0. The van der Waals surface area contributed by atoms with Crippen LogP contribution >= 0.6 is 0 Å². The highest BCUT2D eigenvalue weighted by Gasteiger charge is 2.47. The van der Waals surface area contributed by atoms with E-state index in [4.69, 9.17) is 4.74 Å². The second-order valence-corrected chi connectivity index (χ2v) is 5.51. The third kappa shape index (κ3) is 1.94. The zero-order valence-corrected chi connectivity index (χ0v) is 9.23. The van der Waals surface area contributed by atoms with Crippen LogP contribution in [0.3, 0.4) is 0 Å². The number of ether oxygens (including phenoxy) is 1. The molecule has 0 amide bonds. The zero-order chi connectivity index (χ0) is 10.3. The number of hydrogen-bond acceptors (Lipinski definition) is 1. The van der Waals surface area contributed by atoms with Crippen LogP contribution in [0.5, 0.6) is 0 Å². The van der Waals surface area contributed by atoms with Gasteiger partial charge in [0, 0.05) is 5.92 Å². The van der Waals surface area contributed by atoms with E-state index in [1.165, 1.54) is 25.7 Å². The molecule has 0 heterocycles. The van der Waals surface area contributed by atoms with Crippen molar-refractivity contribution in [2.24, 2.45) is 11.8 Å². The average Bonchev–Trinajstić information content (AvgIpc) is 2.77. The Bertz CT molecular complexity index is 223. The largest absolute Gasteiger partial charge is 0.374 e. The molecule has 0 aliphatic heterocycles. The van der Waals surface area contributed by atoms with Crippen LogP contribution in [0.1, 0.15) is 44.9 Å². The Labute approximate surface area is 92.0 Å². The minimum absolute atomic E-state index is 0.297. The molecule has 0 aromatic heterocycles. The first-order valence-electron chi connectivity index (χ1n) is 6.47. The Balaban J connectivity index is 1.55. The monoisotopic (exact) mass is 208 g/mol. The van der Waals surface area contributed by atoms with E-state index in [-0.39, 0.29) is 6.10 Å². The molecule has 5 unspecified atom stereocenters. The molecule has 3 rings (SSSR count). The first-order chi connectivity index (χ1) is 7.33. The highest BCUT2D eigenvalue weighted by atomic mass is 16.5. The summed E-state index contributed by atoms with van der Waals surface area (Å²) >= 11 is 0. The Morgan fingerprint density at radius 2 is 2.07 bits per heavy atom. The maximum absolute atomic E-state index is 11.7. The van der Waals surface area contributed by atoms with Gasteiger partial charge in [-0.3, -0.25) is 0 Å². The third-order valence-electron chi connectivity index (χ3n) is 4.41. The fraction of sp³-hybridized carbons (Fsp3) is 0.923. The van der Waals surface area contributed by atoms with Crippen LogP contribution in [0.15, 0.2) is 0 Å². The van der Waals surface area contributed by atoms with Crippen LogP contribution in [0.4, 0.5) is 0 Å². The number of rotatable bonds is 2. The molecule has 5 atom stereocenters. The molecule has 2 heteroatoms. The molecular weight excluding hydrogens is 188 g/mol. The summed E-state index contributed by atoms with van der Waals surface area (Å²) in [5.41, 5.74) is 0. The fourth-order valence-electron chi connectivity index (χ4n) is 3.64. The van der Waals surface area contributed by atoms with Crippen molar-refractivity contribution in [3.8, 4) is 0 Å². The van der Waals surface area contributed by atoms with E-state index in [2.05, 4.69) is 6.42 Å². The second kappa shape index (κ2) is 4.06. The lowest BCUT2D eigenvalue weighted by Gasteiger charge is -2.31. The van der Waals surface area contributed by atoms with Gasteiger partial charge in [-0.05, 0) is 44.4 Å².